The van der Waals surface area contributed by atoms with Gasteiger partial charge in [-0.2, -0.15) is 9.90 Å². The number of para-hydroxylation sites is 1. The van der Waals surface area contributed by atoms with Gasteiger partial charge in [0.1, 0.15) is 0 Å². The van der Waals surface area contributed by atoms with Crippen molar-refractivity contribution in [2.45, 2.75) is 20.8 Å². The topological polar surface area (TPSA) is 59.8 Å². The molecular weight excluding hydrogens is 240 g/mol. The first kappa shape index (κ1) is 13.3. The minimum Gasteiger partial charge on any atom is -0.350 e. The molecule has 2 rings (SSSR count). The van der Waals surface area contributed by atoms with Crippen LogP contribution in [0.1, 0.15) is 30.0 Å². The highest BCUT2D eigenvalue weighted by Gasteiger charge is 2.16. The molecular formula is C14H18N4O. The maximum Gasteiger partial charge on any atom is 0.273 e. The highest BCUT2D eigenvalue weighted by molar-refractivity contribution is 5.93. The number of rotatable bonds is 4. The molecule has 2 aromatic rings. The van der Waals surface area contributed by atoms with Gasteiger partial charge in [0, 0.05) is 6.54 Å². The van der Waals surface area contributed by atoms with Gasteiger partial charge < -0.3 is 5.32 Å². The Bertz CT molecular complexity index is 560. The molecule has 0 aliphatic heterocycles. The van der Waals surface area contributed by atoms with E-state index in [1.165, 1.54) is 4.80 Å². The molecule has 1 N–H and O–H groups in total. The molecule has 1 aromatic carbocycles. The molecule has 0 bridgehead atoms. The molecule has 19 heavy (non-hydrogen) atoms. The first-order valence-electron chi connectivity index (χ1n) is 6.35. The Kier molecular flexibility index (Phi) is 3.94. The molecule has 0 spiro atoms. The van der Waals surface area contributed by atoms with Crippen LogP contribution < -0.4 is 5.32 Å². The van der Waals surface area contributed by atoms with Crippen molar-refractivity contribution in [3.63, 3.8) is 0 Å². The van der Waals surface area contributed by atoms with E-state index in [1.54, 1.807) is 6.92 Å². The summed E-state index contributed by atoms with van der Waals surface area (Å²) in [6.07, 6.45) is 0. The summed E-state index contributed by atoms with van der Waals surface area (Å²) in [5, 5.41) is 11.4. The predicted octanol–water partition coefficient (Wildman–Crippen LogP) is 1.96. The fourth-order valence-corrected chi connectivity index (χ4v) is 1.65. The van der Waals surface area contributed by atoms with Crippen LogP contribution in [-0.4, -0.2) is 27.4 Å². The largest absolute Gasteiger partial charge is 0.350 e. The Balaban J connectivity index is 2.20. The summed E-state index contributed by atoms with van der Waals surface area (Å²) in [4.78, 5) is 13.5. The molecule has 1 amide bonds. The minimum atomic E-state index is -0.173. The summed E-state index contributed by atoms with van der Waals surface area (Å²) in [6.45, 7) is 6.52. The SMILES string of the molecule is Cc1nn(-c2ccccc2)nc1C(=O)NCC(C)C. The van der Waals surface area contributed by atoms with E-state index in [4.69, 9.17) is 0 Å². The summed E-state index contributed by atoms with van der Waals surface area (Å²) in [7, 11) is 0. The van der Waals surface area contributed by atoms with E-state index in [2.05, 4.69) is 15.5 Å². The molecule has 1 aromatic heterocycles. The normalized spacial score (nSPS) is 10.7. The first-order valence-corrected chi connectivity index (χ1v) is 6.35. The van der Waals surface area contributed by atoms with Crippen molar-refractivity contribution in [2.24, 2.45) is 5.92 Å². The van der Waals surface area contributed by atoms with Gasteiger partial charge >= 0.3 is 0 Å². The molecule has 0 fully saturated rings. The predicted molar refractivity (Wildman–Crippen MR) is 73.3 cm³/mol. The van der Waals surface area contributed by atoms with E-state index >= 15 is 0 Å². The second kappa shape index (κ2) is 5.65. The smallest absolute Gasteiger partial charge is 0.273 e. The monoisotopic (exact) mass is 258 g/mol. The Morgan fingerprint density at radius 3 is 2.58 bits per heavy atom. The lowest BCUT2D eigenvalue weighted by Crippen LogP contribution is -2.28. The highest BCUT2D eigenvalue weighted by Crippen LogP contribution is 2.08. The second-order valence-electron chi connectivity index (χ2n) is 4.86. The van der Waals surface area contributed by atoms with Crippen LogP contribution in [0.2, 0.25) is 0 Å². The van der Waals surface area contributed by atoms with Crippen LogP contribution in [0.4, 0.5) is 0 Å². The van der Waals surface area contributed by atoms with Crippen molar-refractivity contribution in [3.05, 3.63) is 41.7 Å². The van der Waals surface area contributed by atoms with E-state index in [0.717, 1.165) is 5.69 Å². The van der Waals surface area contributed by atoms with E-state index in [0.29, 0.717) is 23.9 Å². The molecule has 0 saturated heterocycles. The van der Waals surface area contributed by atoms with Crippen molar-refractivity contribution >= 4 is 5.91 Å². The third-order valence-electron chi connectivity index (χ3n) is 2.66. The van der Waals surface area contributed by atoms with Crippen molar-refractivity contribution < 1.29 is 4.79 Å². The van der Waals surface area contributed by atoms with Gasteiger partial charge in [-0.15, -0.1) is 5.10 Å². The van der Waals surface area contributed by atoms with Gasteiger partial charge in [-0.3, -0.25) is 4.79 Å². The van der Waals surface area contributed by atoms with Crippen molar-refractivity contribution in [1.82, 2.24) is 20.3 Å². The summed E-state index contributed by atoms with van der Waals surface area (Å²) in [5.74, 6) is 0.238. The number of nitrogens with one attached hydrogen (secondary N) is 1. The Morgan fingerprint density at radius 1 is 1.26 bits per heavy atom. The van der Waals surface area contributed by atoms with Gasteiger partial charge in [0.2, 0.25) is 0 Å². The van der Waals surface area contributed by atoms with E-state index in [-0.39, 0.29) is 5.91 Å². The van der Waals surface area contributed by atoms with E-state index < -0.39 is 0 Å². The maximum absolute atomic E-state index is 12.0. The standard InChI is InChI=1S/C14H18N4O/c1-10(2)9-15-14(19)13-11(3)16-18(17-13)12-7-5-4-6-8-12/h4-8,10H,9H2,1-3H3,(H,15,19). The molecule has 5 heteroatoms. The van der Waals surface area contributed by atoms with Crippen LogP contribution in [0.5, 0.6) is 0 Å². The van der Waals surface area contributed by atoms with E-state index in [9.17, 15) is 4.79 Å². The lowest BCUT2D eigenvalue weighted by atomic mass is 10.2. The zero-order valence-corrected chi connectivity index (χ0v) is 11.4. The number of amides is 1. The second-order valence-corrected chi connectivity index (χ2v) is 4.86. The molecule has 0 aliphatic carbocycles. The number of carbonyl (C=O) groups excluding carboxylic acids is 1. The van der Waals surface area contributed by atoms with Gasteiger partial charge in [0.25, 0.3) is 5.91 Å². The molecule has 0 atom stereocenters. The lowest BCUT2D eigenvalue weighted by Gasteiger charge is -2.05. The zero-order chi connectivity index (χ0) is 13.8. The first-order chi connectivity index (χ1) is 9.08. The van der Waals surface area contributed by atoms with Gasteiger partial charge in [-0.1, -0.05) is 32.0 Å². The third kappa shape index (κ3) is 3.19. The summed E-state index contributed by atoms with van der Waals surface area (Å²) >= 11 is 0. The number of aryl methyl sites for hydroxylation is 1. The number of hydrogen-bond donors (Lipinski definition) is 1. The fourth-order valence-electron chi connectivity index (χ4n) is 1.65. The van der Waals surface area contributed by atoms with Gasteiger partial charge in [0.15, 0.2) is 5.69 Å². The average molecular weight is 258 g/mol. The van der Waals surface area contributed by atoms with Crippen LogP contribution in [0.3, 0.4) is 0 Å². The van der Waals surface area contributed by atoms with Crippen LogP contribution in [-0.2, 0) is 0 Å². The number of carbonyl (C=O) groups is 1. The van der Waals surface area contributed by atoms with Crippen LogP contribution in [0.25, 0.3) is 5.69 Å². The van der Waals surface area contributed by atoms with Gasteiger partial charge in [0.05, 0.1) is 11.4 Å². The van der Waals surface area contributed by atoms with Gasteiger partial charge in [-0.05, 0) is 25.0 Å². The fraction of sp³-hybridized carbons (Fsp3) is 0.357. The molecule has 1 heterocycles. The molecule has 0 radical (unpaired) electrons. The Hall–Kier alpha value is -2.17. The highest BCUT2D eigenvalue weighted by atomic mass is 16.2. The molecule has 0 saturated carbocycles. The summed E-state index contributed by atoms with van der Waals surface area (Å²) in [5.41, 5.74) is 1.85. The average Bonchev–Trinajstić information content (AvgIpc) is 2.79. The molecule has 5 nitrogen and oxygen atoms in total. The van der Waals surface area contributed by atoms with Crippen LogP contribution in [0, 0.1) is 12.8 Å². The third-order valence-corrected chi connectivity index (χ3v) is 2.66. The number of benzene rings is 1. The van der Waals surface area contributed by atoms with Crippen molar-refractivity contribution in [2.75, 3.05) is 6.54 Å². The Morgan fingerprint density at radius 2 is 1.95 bits per heavy atom. The van der Waals surface area contributed by atoms with E-state index in [1.807, 2.05) is 44.2 Å². The number of nitrogens with zero attached hydrogens (tertiary/aromatic N) is 3. The quantitative estimate of drug-likeness (QED) is 0.912. The van der Waals surface area contributed by atoms with Crippen LogP contribution in [0.15, 0.2) is 30.3 Å². The maximum atomic E-state index is 12.0. The van der Waals surface area contributed by atoms with Crippen LogP contribution >= 0.6 is 0 Å². The minimum absolute atomic E-state index is 0.173. The lowest BCUT2D eigenvalue weighted by molar-refractivity contribution is 0.0943. The van der Waals surface area contributed by atoms with Crippen molar-refractivity contribution in [1.29, 1.82) is 0 Å². The molecule has 0 aliphatic rings. The summed E-state index contributed by atoms with van der Waals surface area (Å²) < 4.78 is 0. The zero-order valence-electron chi connectivity index (χ0n) is 11.4. The van der Waals surface area contributed by atoms with Crippen molar-refractivity contribution in [3.8, 4) is 5.69 Å². The number of hydrogen-bond acceptors (Lipinski definition) is 3. The number of aromatic nitrogens is 3. The van der Waals surface area contributed by atoms with Gasteiger partial charge in [-0.25, -0.2) is 0 Å². The Labute approximate surface area is 112 Å². The molecule has 0 unspecified atom stereocenters. The molecule has 100 valence electrons. The summed E-state index contributed by atoms with van der Waals surface area (Å²) in [6, 6.07) is 9.54.